The predicted molar refractivity (Wildman–Crippen MR) is 118 cm³/mol. The van der Waals surface area contributed by atoms with Gasteiger partial charge in [-0.2, -0.15) is 13.2 Å². The maximum Gasteiger partial charge on any atom is 0.417 e. The third-order valence-corrected chi connectivity index (χ3v) is 5.77. The van der Waals surface area contributed by atoms with Crippen LogP contribution in [0.4, 0.5) is 22.0 Å². The molecule has 4 rings (SSSR count). The standard InChI is InChI=1S/C24H23F5N4O2/c1-12(2)30-21(34)15-10-32(22(35)13-5-6-16(25)17(26)7-13)11-23(3,4)19-18-8-14(24(27,28)29)9-33(18)31-20(15)19/h5-10,12,31H,11H2,1-4H3,(H,30,34). The van der Waals surface area contributed by atoms with Crippen LogP contribution in [0.25, 0.3) is 11.1 Å². The number of rotatable bonds is 3. The summed E-state index contributed by atoms with van der Waals surface area (Å²) in [6.45, 7) is 6.88. The molecule has 0 bridgehead atoms. The molecular formula is C24H23F5N4O2. The molecule has 0 aliphatic carbocycles. The van der Waals surface area contributed by atoms with Crippen LogP contribution in [0.3, 0.4) is 0 Å². The maximum absolute atomic E-state index is 13.8. The van der Waals surface area contributed by atoms with Gasteiger partial charge in [0.15, 0.2) is 11.6 Å². The molecule has 0 fully saturated rings. The lowest BCUT2D eigenvalue weighted by Crippen LogP contribution is -2.37. The predicted octanol–water partition coefficient (Wildman–Crippen LogP) is 4.86. The topological polar surface area (TPSA) is 69.6 Å². The van der Waals surface area contributed by atoms with Crippen molar-refractivity contribution in [2.75, 3.05) is 6.54 Å². The number of nitrogens with one attached hydrogen (secondary N) is 2. The number of nitrogens with zero attached hydrogens (tertiary/aromatic N) is 2. The molecule has 2 aromatic heterocycles. The summed E-state index contributed by atoms with van der Waals surface area (Å²) in [6, 6.07) is 3.43. The maximum atomic E-state index is 13.8. The monoisotopic (exact) mass is 494 g/mol. The summed E-state index contributed by atoms with van der Waals surface area (Å²) in [7, 11) is 0. The van der Waals surface area contributed by atoms with Crippen LogP contribution in [0.5, 0.6) is 0 Å². The summed E-state index contributed by atoms with van der Waals surface area (Å²) in [5, 5.41) is 5.60. The molecular weight excluding hydrogens is 471 g/mol. The van der Waals surface area contributed by atoms with E-state index in [0.717, 1.165) is 30.5 Å². The van der Waals surface area contributed by atoms with Crippen LogP contribution in [0, 0.1) is 11.6 Å². The van der Waals surface area contributed by atoms with Gasteiger partial charge in [-0.3, -0.25) is 19.2 Å². The normalized spacial score (nSPS) is 15.7. The number of alkyl halides is 3. The summed E-state index contributed by atoms with van der Waals surface area (Å²) in [5.41, 5.74) is -1.04. The quantitative estimate of drug-likeness (QED) is 0.511. The molecule has 0 atom stereocenters. The number of H-pyrrole nitrogens is 1. The van der Waals surface area contributed by atoms with E-state index in [1.165, 1.54) is 15.6 Å². The zero-order valence-corrected chi connectivity index (χ0v) is 19.3. The Balaban J connectivity index is 1.89. The van der Waals surface area contributed by atoms with Gasteiger partial charge in [0.2, 0.25) is 0 Å². The number of carbonyl (C=O) groups excluding carboxylic acids is 2. The zero-order chi connectivity index (χ0) is 25.9. The van der Waals surface area contributed by atoms with Gasteiger partial charge in [0.25, 0.3) is 11.8 Å². The van der Waals surface area contributed by atoms with Crippen molar-refractivity contribution in [1.82, 2.24) is 19.8 Å². The first-order valence-corrected chi connectivity index (χ1v) is 10.8. The molecule has 1 aromatic carbocycles. The van der Waals surface area contributed by atoms with Crippen LogP contribution in [0.1, 0.15) is 54.9 Å². The van der Waals surface area contributed by atoms with E-state index in [0.29, 0.717) is 5.56 Å². The number of carbonyl (C=O) groups is 2. The van der Waals surface area contributed by atoms with E-state index in [2.05, 4.69) is 10.4 Å². The van der Waals surface area contributed by atoms with Crippen LogP contribution < -0.4 is 5.32 Å². The highest BCUT2D eigenvalue weighted by Gasteiger charge is 2.40. The lowest BCUT2D eigenvalue weighted by atomic mass is 9.82. The fourth-order valence-electron chi connectivity index (χ4n) is 4.30. The molecule has 0 unspecified atom stereocenters. The van der Waals surface area contributed by atoms with E-state index < -0.39 is 40.6 Å². The number of benzene rings is 1. The van der Waals surface area contributed by atoms with Gasteiger partial charge >= 0.3 is 6.18 Å². The lowest BCUT2D eigenvalue weighted by molar-refractivity contribution is -0.137. The minimum atomic E-state index is -4.57. The number of halogens is 5. The highest BCUT2D eigenvalue weighted by atomic mass is 19.4. The van der Waals surface area contributed by atoms with Gasteiger partial charge in [0, 0.05) is 41.5 Å². The van der Waals surface area contributed by atoms with Crippen molar-refractivity contribution in [2.45, 2.75) is 45.3 Å². The first-order chi connectivity index (χ1) is 16.2. The highest BCUT2D eigenvalue weighted by molar-refractivity contribution is 6.20. The number of fused-ring (bicyclic) bond motifs is 3. The van der Waals surface area contributed by atoms with Crippen LogP contribution >= 0.6 is 0 Å². The molecule has 1 aliphatic heterocycles. The number of amides is 2. The number of hydrogen-bond acceptors (Lipinski definition) is 2. The third-order valence-electron chi connectivity index (χ3n) is 5.77. The average molecular weight is 494 g/mol. The Hall–Kier alpha value is -3.63. The van der Waals surface area contributed by atoms with Crippen molar-refractivity contribution >= 4 is 22.9 Å². The van der Waals surface area contributed by atoms with E-state index in [9.17, 15) is 31.5 Å². The Labute approximate surface area is 197 Å². The molecule has 0 saturated heterocycles. The number of hydrogen-bond donors (Lipinski definition) is 2. The minimum absolute atomic E-state index is 0.0208. The van der Waals surface area contributed by atoms with Gasteiger partial charge < -0.3 is 10.2 Å². The Morgan fingerprint density at radius 3 is 2.40 bits per heavy atom. The molecule has 2 N–H and O–H groups in total. The molecule has 0 saturated carbocycles. The number of aromatic amines is 1. The van der Waals surface area contributed by atoms with Crippen molar-refractivity contribution in [3.63, 3.8) is 0 Å². The molecule has 3 heterocycles. The van der Waals surface area contributed by atoms with Gasteiger partial charge in [0.1, 0.15) is 0 Å². The van der Waals surface area contributed by atoms with Gasteiger partial charge in [-0.25, -0.2) is 8.78 Å². The van der Waals surface area contributed by atoms with Crippen molar-refractivity contribution < 1.29 is 31.5 Å². The zero-order valence-electron chi connectivity index (χ0n) is 19.3. The smallest absolute Gasteiger partial charge is 0.350 e. The molecule has 11 heteroatoms. The molecule has 186 valence electrons. The molecule has 0 spiro atoms. The Kier molecular flexibility index (Phi) is 5.77. The van der Waals surface area contributed by atoms with E-state index in [1.807, 2.05) is 0 Å². The Bertz CT molecular complexity index is 1360. The summed E-state index contributed by atoms with van der Waals surface area (Å²) in [5.74, 6) is -3.57. The lowest BCUT2D eigenvalue weighted by Gasteiger charge is -2.29. The molecule has 2 amide bonds. The Morgan fingerprint density at radius 2 is 1.80 bits per heavy atom. The van der Waals surface area contributed by atoms with Gasteiger partial charge in [-0.1, -0.05) is 13.8 Å². The summed E-state index contributed by atoms with van der Waals surface area (Å²) < 4.78 is 68.5. The fraction of sp³-hybridized carbons (Fsp3) is 0.333. The van der Waals surface area contributed by atoms with E-state index in [-0.39, 0.29) is 34.9 Å². The first kappa shape index (κ1) is 24.5. The van der Waals surface area contributed by atoms with Crippen LogP contribution in [-0.4, -0.2) is 38.9 Å². The van der Waals surface area contributed by atoms with Crippen LogP contribution in [-0.2, 0) is 16.4 Å². The molecule has 0 radical (unpaired) electrons. The summed E-state index contributed by atoms with van der Waals surface area (Å²) in [4.78, 5) is 27.6. The second-order valence-corrected chi connectivity index (χ2v) is 9.46. The second-order valence-electron chi connectivity index (χ2n) is 9.46. The van der Waals surface area contributed by atoms with Crippen molar-refractivity contribution in [1.29, 1.82) is 0 Å². The Morgan fingerprint density at radius 1 is 1.11 bits per heavy atom. The first-order valence-electron chi connectivity index (χ1n) is 10.8. The van der Waals surface area contributed by atoms with Crippen molar-refractivity contribution in [3.8, 4) is 0 Å². The molecule has 1 aliphatic rings. The molecule has 6 nitrogen and oxygen atoms in total. The highest BCUT2D eigenvalue weighted by Crippen LogP contribution is 2.40. The second kappa shape index (κ2) is 8.24. The SMILES string of the molecule is CC(C)NC(=O)C1=CN(C(=O)c2ccc(F)c(F)c2)CC(C)(C)c2c1[nH]n1cc(C(F)(F)F)cc21. The third kappa shape index (κ3) is 4.42. The largest absolute Gasteiger partial charge is 0.417 e. The van der Waals surface area contributed by atoms with Gasteiger partial charge in [-0.15, -0.1) is 0 Å². The fourth-order valence-corrected chi connectivity index (χ4v) is 4.30. The summed E-state index contributed by atoms with van der Waals surface area (Å²) >= 11 is 0. The van der Waals surface area contributed by atoms with E-state index in [4.69, 9.17) is 0 Å². The van der Waals surface area contributed by atoms with Crippen LogP contribution in [0.15, 0.2) is 36.7 Å². The van der Waals surface area contributed by atoms with Gasteiger partial charge in [0.05, 0.1) is 22.3 Å². The minimum Gasteiger partial charge on any atom is -0.350 e. The number of aromatic nitrogens is 2. The van der Waals surface area contributed by atoms with E-state index >= 15 is 0 Å². The van der Waals surface area contributed by atoms with Gasteiger partial charge in [-0.05, 0) is 38.1 Å². The molecule has 3 aromatic rings. The van der Waals surface area contributed by atoms with Crippen molar-refractivity contribution in [2.24, 2.45) is 0 Å². The molecule has 35 heavy (non-hydrogen) atoms. The average Bonchev–Trinajstić information content (AvgIpc) is 3.26. The van der Waals surface area contributed by atoms with Crippen LogP contribution in [0.2, 0.25) is 0 Å². The van der Waals surface area contributed by atoms with Crippen molar-refractivity contribution in [3.05, 3.63) is 70.7 Å². The summed E-state index contributed by atoms with van der Waals surface area (Å²) in [6.07, 6.45) is -2.38. The van der Waals surface area contributed by atoms with E-state index in [1.54, 1.807) is 27.7 Å².